The van der Waals surface area contributed by atoms with Crippen LogP contribution >= 0.6 is 0 Å². The monoisotopic (exact) mass is 840 g/mol. The Bertz CT molecular complexity index is 2920. The second-order valence-electron chi connectivity index (χ2n) is 13.9. The summed E-state index contributed by atoms with van der Waals surface area (Å²) in [4.78, 5) is 15.8. The number of nitrogens with zero attached hydrogens (tertiary/aromatic N) is 3. The average Bonchev–Trinajstić information content (AvgIpc) is 4.03. The molecular weight excluding hydrogens is 805 g/mol. The Hall–Kier alpha value is -7.43. The first kappa shape index (κ1) is 39.4. The van der Waals surface area contributed by atoms with Crippen LogP contribution in [0, 0.1) is 10.4 Å². The number of rotatable bonds is 8. The van der Waals surface area contributed by atoms with Gasteiger partial charge in [-0.1, -0.05) is 48.5 Å². The predicted octanol–water partition coefficient (Wildman–Crippen LogP) is 9.49. The second-order valence-corrected chi connectivity index (χ2v) is 13.9. The van der Waals surface area contributed by atoms with Gasteiger partial charge in [-0.3, -0.25) is 0 Å². The van der Waals surface area contributed by atoms with Gasteiger partial charge in [0, 0.05) is 27.6 Å². The van der Waals surface area contributed by atoms with Crippen LogP contribution in [-0.2, 0) is 16.5 Å². The van der Waals surface area contributed by atoms with E-state index in [0.29, 0.717) is 67.6 Å². The number of aromatic nitrogens is 3. The standard InChI is InChI=1S/C48H36N3O8.Ni/c1-56-41-21-25(5-17-37(41)52)45-29-9-10-30(29)46(26-6-18-38(53)42(22-26)57-2)32-12-14-34(50-32)48(28-8-20-40(55)44(24-28)59-4)36-16-15-35(51-36)47(33-13-11-31(45)49-33)27-7-19-39(54)43(23-27)58-3;/h5-24H,1-4H3,(H4-,49,50,51,52,53,54,55);/q-1;. The van der Waals surface area contributed by atoms with Gasteiger partial charge in [0.2, 0.25) is 0 Å². The van der Waals surface area contributed by atoms with Crippen molar-refractivity contribution in [3.05, 3.63) is 130 Å². The van der Waals surface area contributed by atoms with E-state index in [0.717, 1.165) is 32.7 Å². The molecule has 9 rings (SSSR count). The van der Waals surface area contributed by atoms with E-state index >= 15 is 0 Å². The third-order valence-electron chi connectivity index (χ3n) is 10.6. The number of phenolic OH excluding ortho intramolecular Hbond substituents is 4. The number of hydrogen-bond acceptors (Lipinski definition) is 10. The Morgan fingerprint density at radius 2 is 0.667 bits per heavy atom. The van der Waals surface area contributed by atoms with Crippen LogP contribution in [0.2, 0.25) is 0 Å². The van der Waals surface area contributed by atoms with Crippen LogP contribution < -0.4 is 23.9 Å². The van der Waals surface area contributed by atoms with Crippen molar-refractivity contribution in [3.8, 4) is 90.5 Å². The van der Waals surface area contributed by atoms with Crippen molar-refractivity contribution in [1.29, 1.82) is 0 Å². The van der Waals surface area contributed by atoms with Gasteiger partial charge in [0.05, 0.1) is 51.2 Å². The molecule has 0 spiro atoms. The number of methoxy groups -OCH3 is 4. The molecule has 5 aromatic rings. The van der Waals surface area contributed by atoms with E-state index in [1.165, 1.54) is 28.4 Å². The second kappa shape index (κ2) is 15.7. The van der Waals surface area contributed by atoms with Crippen LogP contribution in [0.25, 0.3) is 79.8 Å². The molecule has 0 saturated heterocycles. The first-order valence-electron chi connectivity index (χ1n) is 18.5. The topological polar surface area (TPSA) is 158 Å². The smallest absolute Gasteiger partial charge is 0.161 e. The molecule has 6 bridgehead atoms. The minimum atomic E-state index is -0.0114. The number of benzene rings is 4. The van der Waals surface area contributed by atoms with Gasteiger partial charge in [-0.2, -0.15) is 0 Å². The molecule has 0 unspecified atom stereocenters. The maximum absolute atomic E-state index is 10.7. The van der Waals surface area contributed by atoms with Crippen LogP contribution in [0.5, 0.6) is 46.0 Å². The Kier molecular flexibility index (Phi) is 10.3. The molecule has 4 N–H and O–H groups in total. The summed E-state index contributed by atoms with van der Waals surface area (Å²) in [5, 5.41) is 44.2. The zero-order valence-corrected chi connectivity index (χ0v) is 33.6. The first-order valence-corrected chi connectivity index (χ1v) is 18.5. The zero-order chi connectivity index (χ0) is 40.9. The molecule has 0 fully saturated rings. The number of aromatic hydroxyl groups is 4. The van der Waals surface area contributed by atoms with E-state index < -0.39 is 0 Å². The number of phenols is 4. The molecule has 60 heavy (non-hydrogen) atoms. The Labute approximate surface area is 354 Å². The molecule has 0 saturated carbocycles. The molecule has 0 atom stereocenters. The van der Waals surface area contributed by atoms with Crippen LogP contribution in [-0.4, -0.2) is 58.8 Å². The van der Waals surface area contributed by atoms with E-state index in [1.54, 1.807) is 60.7 Å². The maximum atomic E-state index is 10.7. The van der Waals surface area contributed by atoms with Crippen molar-refractivity contribution in [2.75, 3.05) is 28.4 Å². The summed E-state index contributed by atoms with van der Waals surface area (Å²) in [6, 6.07) is 28.5. The maximum Gasteiger partial charge on any atom is 0.161 e. The van der Waals surface area contributed by atoms with Gasteiger partial charge in [0.15, 0.2) is 46.0 Å². The molecular formula is C48H36N3NiO8-. The molecule has 3 aliphatic heterocycles. The van der Waals surface area contributed by atoms with Crippen molar-refractivity contribution in [3.63, 3.8) is 0 Å². The van der Waals surface area contributed by atoms with Gasteiger partial charge in [-0.15, -0.1) is 11.0 Å². The Morgan fingerprint density at radius 1 is 0.383 bits per heavy atom. The molecule has 0 radical (unpaired) electrons. The normalized spacial score (nSPS) is 11.7. The molecule has 12 heteroatoms. The minimum absolute atomic E-state index is 0. The number of ether oxygens (including phenoxy) is 4. The third kappa shape index (κ3) is 6.66. The van der Waals surface area contributed by atoms with Crippen molar-refractivity contribution < 1.29 is 55.9 Å². The van der Waals surface area contributed by atoms with Crippen molar-refractivity contribution >= 4 is 35.3 Å². The fourth-order valence-electron chi connectivity index (χ4n) is 7.68. The van der Waals surface area contributed by atoms with Gasteiger partial charge in [-0.05, 0) is 117 Å². The van der Waals surface area contributed by atoms with Crippen molar-refractivity contribution in [2.45, 2.75) is 0 Å². The minimum Gasteiger partial charge on any atom is -0.657 e. The number of hydrogen-bond donors (Lipinski definition) is 4. The summed E-state index contributed by atoms with van der Waals surface area (Å²) in [6.45, 7) is 0. The van der Waals surface area contributed by atoms with E-state index in [2.05, 4.69) is 0 Å². The summed E-state index contributed by atoms with van der Waals surface area (Å²) in [6.07, 6.45) is 7.74. The third-order valence-corrected chi connectivity index (χ3v) is 10.6. The van der Waals surface area contributed by atoms with E-state index in [9.17, 15) is 20.4 Å². The molecule has 4 aliphatic rings. The molecule has 4 heterocycles. The van der Waals surface area contributed by atoms with Gasteiger partial charge in [0.25, 0.3) is 0 Å². The molecule has 11 nitrogen and oxygen atoms in total. The quantitative estimate of drug-likeness (QED) is 0.108. The average molecular weight is 842 g/mol. The van der Waals surface area contributed by atoms with Gasteiger partial charge < -0.3 is 44.4 Å². The fourth-order valence-corrected chi connectivity index (χ4v) is 7.68. The Balaban J connectivity index is 0.00000499. The molecule has 0 amide bonds. The van der Waals surface area contributed by atoms with Gasteiger partial charge >= 0.3 is 0 Å². The predicted molar refractivity (Wildman–Crippen MR) is 227 cm³/mol. The fraction of sp³-hybridized carbons (Fsp3) is 0.0833. The van der Waals surface area contributed by atoms with E-state index in [4.69, 9.17) is 33.9 Å². The molecule has 4 aromatic carbocycles. The Morgan fingerprint density at radius 3 is 0.950 bits per heavy atom. The van der Waals surface area contributed by atoms with E-state index in [1.807, 2.05) is 60.7 Å². The summed E-state index contributed by atoms with van der Waals surface area (Å²) in [7, 11) is 6.00. The van der Waals surface area contributed by atoms with Crippen molar-refractivity contribution in [1.82, 2.24) is 15.0 Å². The van der Waals surface area contributed by atoms with E-state index in [-0.39, 0.29) is 51.0 Å². The van der Waals surface area contributed by atoms with Crippen LogP contribution in [0.3, 0.4) is 0 Å². The largest absolute Gasteiger partial charge is 0.657 e. The summed E-state index contributed by atoms with van der Waals surface area (Å²) < 4.78 is 22.2. The number of fused-ring (bicyclic) bond motifs is 6. The van der Waals surface area contributed by atoms with Gasteiger partial charge in [-0.25, -0.2) is 9.97 Å². The zero-order valence-electron chi connectivity index (χ0n) is 32.6. The SMILES string of the molecule is COc1cc(-c2c3nc(c(-c4ccc(O)c(OC)c4)c4ccc([n-]4)c(-c4ccc(O)c(OC)c4)c4nc(c(-c5ccc(O)c(OC)c5)c5ccc2=5)C=C4)C=C3)ccc1O.[Ni]. The first-order chi connectivity index (χ1) is 28.7. The molecule has 1 aromatic heterocycles. The van der Waals surface area contributed by atoms with Gasteiger partial charge in [0.1, 0.15) is 0 Å². The van der Waals surface area contributed by atoms with Crippen LogP contribution in [0.15, 0.2) is 97.1 Å². The summed E-state index contributed by atoms with van der Waals surface area (Å²) in [5.74, 6) is 1.13. The van der Waals surface area contributed by atoms with Crippen LogP contribution in [0.4, 0.5) is 0 Å². The summed E-state index contributed by atoms with van der Waals surface area (Å²) in [5.41, 5.74) is 9.45. The molecule has 1 aliphatic carbocycles. The summed E-state index contributed by atoms with van der Waals surface area (Å²) >= 11 is 0. The van der Waals surface area contributed by atoms with Crippen LogP contribution in [0.1, 0.15) is 22.8 Å². The molecule has 302 valence electrons. The van der Waals surface area contributed by atoms with Crippen molar-refractivity contribution in [2.24, 2.45) is 0 Å².